The van der Waals surface area contributed by atoms with Gasteiger partial charge in [0, 0.05) is 12.7 Å². The number of hydrogen-bond donors (Lipinski definition) is 1. The highest BCUT2D eigenvalue weighted by molar-refractivity contribution is 5.42. The molecule has 3 nitrogen and oxygen atoms in total. The molecule has 0 unspecified atom stereocenters. The molecule has 2 rings (SSSR count). The molecule has 0 bridgehead atoms. The van der Waals surface area contributed by atoms with Crippen molar-refractivity contribution in [3.8, 4) is 0 Å². The van der Waals surface area contributed by atoms with Crippen molar-refractivity contribution in [2.24, 2.45) is 5.92 Å². The summed E-state index contributed by atoms with van der Waals surface area (Å²) in [4.78, 5) is 5.89. The molecule has 0 radical (unpaired) electrons. The van der Waals surface area contributed by atoms with Gasteiger partial charge in [-0.3, -0.25) is 0 Å². The molecule has 0 aromatic carbocycles. The van der Waals surface area contributed by atoms with Gasteiger partial charge in [-0.1, -0.05) is 6.92 Å². The summed E-state index contributed by atoms with van der Waals surface area (Å²) < 4.78 is 13.5. The fourth-order valence-electron chi connectivity index (χ4n) is 2.14. The van der Waals surface area contributed by atoms with Gasteiger partial charge in [0.25, 0.3) is 0 Å². The second-order valence-corrected chi connectivity index (χ2v) is 4.02. The fourth-order valence-corrected chi connectivity index (χ4v) is 2.14. The number of aromatic nitrogens is 1. The van der Waals surface area contributed by atoms with Crippen LogP contribution in [0, 0.1) is 11.7 Å². The highest BCUT2D eigenvalue weighted by Crippen LogP contribution is 2.29. The van der Waals surface area contributed by atoms with Gasteiger partial charge in [0.05, 0.1) is 12.6 Å². The van der Waals surface area contributed by atoms with E-state index in [1.807, 2.05) is 4.90 Å². The molecule has 1 aliphatic heterocycles. The van der Waals surface area contributed by atoms with Crippen molar-refractivity contribution < 1.29 is 9.50 Å². The van der Waals surface area contributed by atoms with E-state index < -0.39 is 0 Å². The first-order valence-corrected chi connectivity index (χ1v) is 5.22. The highest BCUT2D eigenvalue weighted by atomic mass is 19.1. The van der Waals surface area contributed by atoms with Gasteiger partial charge in [-0.25, -0.2) is 9.37 Å². The first-order chi connectivity index (χ1) is 7.24. The summed E-state index contributed by atoms with van der Waals surface area (Å²) in [6.07, 6.45) is 2.55. The van der Waals surface area contributed by atoms with E-state index in [4.69, 9.17) is 0 Å². The molecule has 82 valence electrons. The summed E-state index contributed by atoms with van der Waals surface area (Å²) in [6, 6.07) is 2.97. The Balaban J connectivity index is 2.28. The van der Waals surface area contributed by atoms with Gasteiger partial charge in [-0.2, -0.15) is 0 Å². The van der Waals surface area contributed by atoms with E-state index >= 15 is 0 Å². The molecule has 1 saturated heterocycles. The van der Waals surface area contributed by atoms with Crippen LogP contribution in [0.2, 0.25) is 0 Å². The third-order valence-electron chi connectivity index (χ3n) is 3.08. The van der Waals surface area contributed by atoms with Crippen molar-refractivity contribution in [1.82, 2.24) is 4.98 Å². The van der Waals surface area contributed by atoms with Gasteiger partial charge >= 0.3 is 0 Å². The molecule has 1 fully saturated rings. The minimum Gasteiger partial charge on any atom is -0.394 e. The molecule has 0 amide bonds. The number of hydrogen-bond acceptors (Lipinski definition) is 3. The number of halogens is 1. The second-order valence-electron chi connectivity index (χ2n) is 4.02. The number of anilines is 1. The standard InChI is InChI=1S/C11H15FN2O/c1-8-4-6-14(10(8)7-15)11-9(12)3-2-5-13-11/h2-3,5,8,10,15H,4,6-7H2,1H3/t8-,10+/m0/s1. The van der Waals surface area contributed by atoms with Crippen LogP contribution in [0.4, 0.5) is 10.2 Å². The fraction of sp³-hybridized carbons (Fsp3) is 0.545. The van der Waals surface area contributed by atoms with Crippen molar-refractivity contribution in [1.29, 1.82) is 0 Å². The van der Waals surface area contributed by atoms with Crippen molar-refractivity contribution in [2.75, 3.05) is 18.1 Å². The van der Waals surface area contributed by atoms with Crippen LogP contribution in [0.15, 0.2) is 18.3 Å². The van der Waals surface area contributed by atoms with E-state index in [0.717, 1.165) is 13.0 Å². The Kier molecular flexibility index (Phi) is 2.86. The molecule has 0 saturated carbocycles. The van der Waals surface area contributed by atoms with E-state index in [-0.39, 0.29) is 18.5 Å². The first-order valence-electron chi connectivity index (χ1n) is 5.22. The largest absolute Gasteiger partial charge is 0.394 e. The Hall–Kier alpha value is -1.16. The molecule has 4 heteroatoms. The maximum Gasteiger partial charge on any atom is 0.165 e. The lowest BCUT2D eigenvalue weighted by Crippen LogP contribution is -2.36. The molecule has 1 aromatic rings. The van der Waals surface area contributed by atoms with Crippen LogP contribution < -0.4 is 4.90 Å². The van der Waals surface area contributed by atoms with Crippen LogP contribution >= 0.6 is 0 Å². The highest BCUT2D eigenvalue weighted by Gasteiger charge is 2.32. The van der Waals surface area contributed by atoms with E-state index in [9.17, 15) is 9.50 Å². The zero-order valence-electron chi connectivity index (χ0n) is 8.73. The van der Waals surface area contributed by atoms with Crippen LogP contribution in [0.3, 0.4) is 0 Å². The first kappa shape index (κ1) is 10.4. The van der Waals surface area contributed by atoms with Crippen LogP contribution in [-0.2, 0) is 0 Å². The molecule has 0 aliphatic carbocycles. The zero-order valence-corrected chi connectivity index (χ0v) is 8.73. The molecular formula is C11H15FN2O. The monoisotopic (exact) mass is 210 g/mol. The maximum atomic E-state index is 13.5. The van der Waals surface area contributed by atoms with E-state index in [0.29, 0.717) is 11.7 Å². The normalized spacial score (nSPS) is 25.9. The Bertz CT molecular complexity index is 345. The molecule has 1 aromatic heterocycles. The maximum absolute atomic E-state index is 13.5. The summed E-state index contributed by atoms with van der Waals surface area (Å²) in [5, 5.41) is 9.27. The molecular weight excluding hydrogens is 195 g/mol. The smallest absolute Gasteiger partial charge is 0.165 e. The van der Waals surface area contributed by atoms with Gasteiger partial charge in [-0.05, 0) is 24.5 Å². The van der Waals surface area contributed by atoms with Gasteiger partial charge < -0.3 is 10.0 Å². The van der Waals surface area contributed by atoms with Crippen molar-refractivity contribution in [3.63, 3.8) is 0 Å². The van der Waals surface area contributed by atoms with Gasteiger partial charge in [0.2, 0.25) is 0 Å². The number of aliphatic hydroxyl groups is 1. The predicted molar refractivity (Wildman–Crippen MR) is 56.2 cm³/mol. The SMILES string of the molecule is C[C@H]1CCN(c2ncccc2F)[C@@H]1CO. The summed E-state index contributed by atoms with van der Waals surface area (Å²) in [5.41, 5.74) is 0. The molecule has 1 N–H and O–H groups in total. The summed E-state index contributed by atoms with van der Waals surface area (Å²) in [6.45, 7) is 2.89. The zero-order chi connectivity index (χ0) is 10.8. The lowest BCUT2D eigenvalue weighted by atomic mass is 10.0. The van der Waals surface area contributed by atoms with Gasteiger partial charge in [0.15, 0.2) is 11.6 Å². The summed E-state index contributed by atoms with van der Waals surface area (Å²) in [5.74, 6) is 0.433. The van der Waals surface area contributed by atoms with E-state index in [1.165, 1.54) is 6.07 Å². The average Bonchev–Trinajstić information content (AvgIpc) is 2.60. The minimum atomic E-state index is -0.315. The Morgan fingerprint density at radius 1 is 1.67 bits per heavy atom. The third-order valence-corrected chi connectivity index (χ3v) is 3.08. The number of aliphatic hydroxyl groups excluding tert-OH is 1. The van der Waals surface area contributed by atoms with Crippen LogP contribution in [0.25, 0.3) is 0 Å². The van der Waals surface area contributed by atoms with Crippen molar-refractivity contribution in [3.05, 3.63) is 24.1 Å². The van der Waals surface area contributed by atoms with Crippen LogP contribution in [0.5, 0.6) is 0 Å². The summed E-state index contributed by atoms with van der Waals surface area (Å²) in [7, 11) is 0. The molecule has 1 aliphatic rings. The Morgan fingerprint density at radius 2 is 2.47 bits per heavy atom. The molecule has 15 heavy (non-hydrogen) atoms. The molecule has 0 spiro atoms. The predicted octanol–water partition coefficient (Wildman–Crippen LogP) is 1.43. The van der Waals surface area contributed by atoms with Gasteiger partial charge in [0.1, 0.15) is 0 Å². The quantitative estimate of drug-likeness (QED) is 0.802. The molecule has 2 atom stereocenters. The van der Waals surface area contributed by atoms with Crippen molar-refractivity contribution >= 4 is 5.82 Å². The minimum absolute atomic E-state index is 0.00519. The lowest BCUT2D eigenvalue weighted by Gasteiger charge is -2.26. The Labute approximate surface area is 88.6 Å². The topological polar surface area (TPSA) is 36.4 Å². The lowest BCUT2D eigenvalue weighted by molar-refractivity contribution is 0.244. The molecule has 2 heterocycles. The van der Waals surface area contributed by atoms with E-state index in [1.54, 1.807) is 12.3 Å². The number of pyridine rings is 1. The summed E-state index contributed by atoms with van der Waals surface area (Å²) >= 11 is 0. The van der Waals surface area contributed by atoms with Gasteiger partial charge in [-0.15, -0.1) is 0 Å². The Morgan fingerprint density at radius 3 is 3.13 bits per heavy atom. The van der Waals surface area contributed by atoms with E-state index in [2.05, 4.69) is 11.9 Å². The number of nitrogens with zero attached hydrogens (tertiary/aromatic N) is 2. The average molecular weight is 210 g/mol. The van der Waals surface area contributed by atoms with Crippen LogP contribution in [0.1, 0.15) is 13.3 Å². The van der Waals surface area contributed by atoms with Crippen LogP contribution in [-0.4, -0.2) is 29.3 Å². The number of rotatable bonds is 2. The second kappa shape index (κ2) is 4.14. The van der Waals surface area contributed by atoms with Crippen molar-refractivity contribution in [2.45, 2.75) is 19.4 Å². The third kappa shape index (κ3) is 1.81.